The number of carbonyl (C=O) groups is 1. The number of aryl methyl sites for hydroxylation is 1. The molecule has 1 atom stereocenters. The van der Waals surface area contributed by atoms with Crippen LogP contribution in [0.5, 0.6) is 0 Å². The Morgan fingerprint density at radius 3 is 2.53 bits per heavy atom. The van der Waals surface area contributed by atoms with Gasteiger partial charge in [-0.15, -0.1) is 0 Å². The predicted octanol–water partition coefficient (Wildman–Crippen LogP) is 3.12. The van der Waals surface area contributed by atoms with Crippen molar-refractivity contribution in [2.24, 2.45) is 5.92 Å². The molecule has 1 rings (SSSR count). The Morgan fingerprint density at radius 2 is 1.93 bits per heavy atom. The first kappa shape index (κ1) is 11.8. The summed E-state index contributed by atoms with van der Waals surface area (Å²) in [4.78, 5) is 10.6. The number of carboxylic acids is 1. The summed E-state index contributed by atoms with van der Waals surface area (Å²) in [6, 6.07) is 10.3. The summed E-state index contributed by atoms with van der Waals surface area (Å²) in [5.74, 6) is -0.893. The third kappa shape index (κ3) is 4.63. The van der Waals surface area contributed by atoms with E-state index in [1.165, 1.54) is 5.56 Å². The smallest absolute Gasteiger partial charge is 0.306 e. The summed E-state index contributed by atoms with van der Waals surface area (Å²) in [5, 5.41) is 8.70. The van der Waals surface area contributed by atoms with Crippen LogP contribution in [0.4, 0.5) is 0 Å². The number of aliphatic carboxylic acids is 1. The normalized spacial score (nSPS) is 12.3. The van der Waals surface area contributed by atoms with Crippen molar-refractivity contribution < 1.29 is 9.90 Å². The van der Waals surface area contributed by atoms with Gasteiger partial charge in [0, 0.05) is 0 Å². The van der Waals surface area contributed by atoms with Crippen molar-refractivity contribution in [1.82, 2.24) is 0 Å². The van der Waals surface area contributed by atoms with Gasteiger partial charge in [-0.05, 0) is 24.8 Å². The highest BCUT2D eigenvalue weighted by Crippen LogP contribution is 2.11. The lowest BCUT2D eigenvalue weighted by Crippen LogP contribution is -2.08. The predicted molar refractivity (Wildman–Crippen MR) is 60.8 cm³/mol. The molecule has 2 nitrogen and oxygen atoms in total. The van der Waals surface area contributed by atoms with Crippen molar-refractivity contribution in [2.75, 3.05) is 0 Å². The zero-order chi connectivity index (χ0) is 11.1. The van der Waals surface area contributed by atoms with E-state index < -0.39 is 5.97 Å². The topological polar surface area (TPSA) is 37.3 Å². The number of benzene rings is 1. The minimum Gasteiger partial charge on any atom is -0.481 e. The largest absolute Gasteiger partial charge is 0.481 e. The lowest BCUT2D eigenvalue weighted by atomic mass is 10.0. The molecule has 0 fully saturated rings. The van der Waals surface area contributed by atoms with Crippen molar-refractivity contribution >= 4 is 5.97 Å². The Labute approximate surface area is 90.9 Å². The minimum atomic E-state index is -0.685. The Kier molecular flexibility index (Phi) is 4.88. The second-order valence-corrected chi connectivity index (χ2v) is 3.97. The fourth-order valence-corrected chi connectivity index (χ4v) is 1.55. The molecule has 0 saturated carbocycles. The summed E-state index contributed by atoms with van der Waals surface area (Å²) < 4.78 is 0. The quantitative estimate of drug-likeness (QED) is 0.726. The van der Waals surface area contributed by atoms with Crippen LogP contribution in [0.3, 0.4) is 0 Å². The minimum absolute atomic E-state index is 0.208. The van der Waals surface area contributed by atoms with Crippen LogP contribution in [0.2, 0.25) is 0 Å². The number of rotatable bonds is 6. The van der Waals surface area contributed by atoms with Gasteiger partial charge in [0.25, 0.3) is 0 Å². The zero-order valence-electron chi connectivity index (χ0n) is 9.15. The molecule has 82 valence electrons. The van der Waals surface area contributed by atoms with Gasteiger partial charge in [0.1, 0.15) is 0 Å². The van der Waals surface area contributed by atoms with Gasteiger partial charge in [-0.2, -0.15) is 0 Å². The van der Waals surface area contributed by atoms with E-state index in [4.69, 9.17) is 5.11 Å². The Bertz CT molecular complexity index is 293. The number of unbranched alkanes of at least 4 members (excludes halogenated alkanes) is 1. The van der Waals surface area contributed by atoms with Crippen molar-refractivity contribution in [3.05, 3.63) is 35.9 Å². The highest BCUT2D eigenvalue weighted by Gasteiger charge is 2.09. The summed E-state index contributed by atoms with van der Waals surface area (Å²) in [6.07, 6.45) is 3.89. The molecule has 0 amide bonds. The number of hydrogen-bond donors (Lipinski definition) is 1. The first-order valence-electron chi connectivity index (χ1n) is 5.47. The van der Waals surface area contributed by atoms with Gasteiger partial charge in [0.15, 0.2) is 0 Å². The highest BCUT2D eigenvalue weighted by molar-refractivity contribution is 5.69. The van der Waals surface area contributed by atoms with E-state index in [-0.39, 0.29) is 5.92 Å². The van der Waals surface area contributed by atoms with Crippen LogP contribution in [0.15, 0.2) is 30.3 Å². The molecule has 0 bridgehead atoms. The molecule has 0 spiro atoms. The second-order valence-electron chi connectivity index (χ2n) is 3.97. The molecule has 1 aromatic rings. The molecular formula is C13H18O2. The third-order valence-electron chi connectivity index (χ3n) is 2.62. The maximum atomic E-state index is 10.6. The SMILES string of the molecule is CC(CCCCc1ccccc1)C(=O)O. The summed E-state index contributed by atoms with van der Waals surface area (Å²) in [5.41, 5.74) is 1.33. The van der Waals surface area contributed by atoms with Crippen LogP contribution < -0.4 is 0 Å². The molecular weight excluding hydrogens is 188 g/mol. The monoisotopic (exact) mass is 206 g/mol. The van der Waals surface area contributed by atoms with Crippen LogP contribution in [0.25, 0.3) is 0 Å². The van der Waals surface area contributed by atoms with Crippen LogP contribution in [-0.2, 0) is 11.2 Å². The first-order valence-corrected chi connectivity index (χ1v) is 5.47. The van der Waals surface area contributed by atoms with E-state index in [1.54, 1.807) is 6.92 Å². The highest BCUT2D eigenvalue weighted by atomic mass is 16.4. The van der Waals surface area contributed by atoms with Gasteiger partial charge in [0.2, 0.25) is 0 Å². The Balaban J connectivity index is 2.15. The van der Waals surface area contributed by atoms with E-state index in [0.29, 0.717) is 0 Å². The summed E-state index contributed by atoms with van der Waals surface area (Å²) >= 11 is 0. The summed E-state index contributed by atoms with van der Waals surface area (Å²) in [6.45, 7) is 1.77. The van der Waals surface area contributed by atoms with Gasteiger partial charge in [-0.1, -0.05) is 43.7 Å². The molecule has 2 heteroatoms. The fraction of sp³-hybridized carbons (Fsp3) is 0.462. The van der Waals surface area contributed by atoms with Gasteiger partial charge in [-0.3, -0.25) is 4.79 Å². The summed E-state index contributed by atoms with van der Waals surface area (Å²) in [7, 11) is 0. The Morgan fingerprint density at radius 1 is 1.27 bits per heavy atom. The second kappa shape index (κ2) is 6.23. The zero-order valence-corrected chi connectivity index (χ0v) is 9.15. The third-order valence-corrected chi connectivity index (χ3v) is 2.62. The molecule has 0 aliphatic heterocycles. The van der Waals surface area contributed by atoms with Crippen LogP contribution >= 0.6 is 0 Å². The van der Waals surface area contributed by atoms with E-state index in [0.717, 1.165) is 25.7 Å². The maximum absolute atomic E-state index is 10.6. The molecule has 1 N–H and O–H groups in total. The fourth-order valence-electron chi connectivity index (χ4n) is 1.55. The van der Waals surface area contributed by atoms with Crippen molar-refractivity contribution in [3.8, 4) is 0 Å². The van der Waals surface area contributed by atoms with Crippen molar-refractivity contribution in [2.45, 2.75) is 32.6 Å². The van der Waals surface area contributed by atoms with Gasteiger partial charge < -0.3 is 5.11 Å². The van der Waals surface area contributed by atoms with Gasteiger partial charge >= 0.3 is 5.97 Å². The van der Waals surface area contributed by atoms with E-state index >= 15 is 0 Å². The molecule has 15 heavy (non-hydrogen) atoms. The van der Waals surface area contributed by atoms with E-state index in [1.807, 2.05) is 18.2 Å². The van der Waals surface area contributed by atoms with Crippen molar-refractivity contribution in [1.29, 1.82) is 0 Å². The molecule has 0 aliphatic rings. The average Bonchev–Trinajstić information content (AvgIpc) is 2.25. The lowest BCUT2D eigenvalue weighted by Gasteiger charge is -2.05. The molecule has 0 heterocycles. The van der Waals surface area contributed by atoms with E-state index in [2.05, 4.69) is 12.1 Å². The van der Waals surface area contributed by atoms with Crippen LogP contribution in [0, 0.1) is 5.92 Å². The molecule has 0 saturated heterocycles. The van der Waals surface area contributed by atoms with Gasteiger partial charge in [-0.25, -0.2) is 0 Å². The lowest BCUT2D eigenvalue weighted by molar-refractivity contribution is -0.141. The molecule has 1 unspecified atom stereocenters. The molecule has 1 aromatic carbocycles. The molecule has 0 radical (unpaired) electrons. The van der Waals surface area contributed by atoms with Crippen LogP contribution in [-0.4, -0.2) is 11.1 Å². The number of carboxylic acid groups (broad SMARTS) is 1. The molecule has 0 aliphatic carbocycles. The number of hydrogen-bond acceptors (Lipinski definition) is 1. The molecule has 0 aromatic heterocycles. The van der Waals surface area contributed by atoms with Gasteiger partial charge in [0.05, 0.1) is 5.92 Å². The Hall–Kier alpha value is -1.31. The first-order chi connectivity index (χ1) is 7.20. The maximum Gasteiger partial charge on any atom is 0.306 e. The standard InChI is InChI=1S/C13H18O2/c1-11(13(14)15)7-5-6-10-12-8-3-2-4-9-12/h2-4,8-9,11H,5-7,10H2,1H3,(H,14,15). The average molecular weight is 206 g/mol. The van der Waals surface area contributed by atoms with Crippen molar-refractivity contribution in [3.63, 3.8) is 0 Å². The van der Waals surface area contributed by atoms with E-state index in [9.17, 15) is 4.79 Å². The van der Waals surface area contributed by atoms with Crippen LogP contribution in [0.1, 0.15) is 31.7 Å².